The van der Waals surface area contributed by atoms with Gasteiger partial charge in [-0.2, -0.15) is 0 Å². The predicted molar refractivity (Wildman–Crippen MR) is 122 cm³/mol. The highest BCUT2D eigenvalue weighted by molar-refractivity contribution is 5.90. The third-order valence-corrected chi connectivity index (χ3v) is 5.40. The summed E-state index contributed by atoms with van der Waals surface area (Å²) in [5, 5.41) is 18.4. The van der Waals surface area contributed by atoms with Crippen molar-refractivity contribution in [2.24, 2.45) is 0 Å². The zero-order valence-corrected chi connectivity index (χ0v) is 19.3. The Kier molecular flexibility index (Phi) is 10.2. The first-order valence-corrected chi connectivity index (χ1v) is 11.2. The van der Waals surface area contributed by atoms with Crippen LogP contribution < -0.4 is 10.2 Å². The highest BCUT2D eigenvalue weighted by Crippen LogP contribution is 2.26. The van der Waals surface area contributed by atoms with Gasteiger partial charge < -0.3 is 14.6 Å². The average Bonchev–Trinajstić information content (AvgIpc) is 3.28. The zero-order chi connectivity index (χ0) is 23.6. The lowest BCUT2D eigenvalue weighted by Crippen LogP contribution is -2.50. The fraction of sp³-hybridized carbons (Fsp3) is 0.583. The number of amides is 1. The number of carboxylic acid groups (broad SMARTS) is 1. The lowest BCUT2D eigenvalue weighted by molar-refractivity contribution is -0.149. The Morgan fingerprint density at radius 1 is 1.22 bits per heavy atom. The first kappa shape index (κ1) is 25.8. The van der Waals surface area contributed by atoms with Crippen LogP contribution in [0.15, 0.2) is 30.3 Å². The number of nitrogens with one attached hydrogen (secondary N) is 1. The van der Waals surface area contributed by atoms with E-state index in [-0.39, 0.29) is 18.2 Å². The second-order valence-corrected chi connectivity index (χ2v) is 9.03. The molecule has 0 saturated heterocycles. The third-order valence-electron chi connectivity index (χ3n) is 5.40. The minimum absolute atomic E-state index is 0.166. The molecule has 8 heteroatoms. The number of benzene rings is 1. The first-order chi connectivity index (χ1) is 15.2. The van der Waals surface area contributed by atoms with Crippen LogP contribution in [0.5, 0.6) is 5.75 Å². The summed E-state index contributed by atoms with van der Waals surface area (Å²) in [7, 11) is 0. The molecule has 1 aliphatic rings. The molecule has 0 heterocycles. The molecule has 1 fully saturated rings. The van der Waals surface area contributed by atoms with Crippen LogP contribution in [-0.2, 0) is 14.3 Å². The third kappa shape index (κ3) is 8.98. The van der Waals surface area contributed by atoms with E-state index in [1.807, 2.05) is 45.0 Å². The number of carbonyl (C=O) groups excluding carboxylic acids is 1. The van der Waals surface area contributed by atoms with Crippen LogP contribution in [0.25, 0.3) is 6.08 Å². The molecule has 1 amide bonds. The molecule has 3 N–H and O–H groups in total. The smallest absolute Gasteiger partial charge is 0.323 e. The summed E-state index contributed by atoms with van der Waals surface area (Å²) in [4.78, 5) is 25.1. The molecule has 178 valence electrons. The Balaban J connectivity index is 1.90. The van der Waals surface area contributed by atoms with Crippen molar-refractivity contribution in [3.63, 3.8) is 0 Å². The molecule has 0 aromatic heterocycles. The molecule has 0 aliphatic heterocycles. The van der Waals surface area contributed by atoms with Crippen LogP contribution in [0.3, 0.4) is 0 Å². The molecule has 0 radical (unpaired) electrons. The molecule has 1 aliphatic carbocycles. The standard InChI is InChI=1S/C24H36N2O6/c1-24(2,3)32-17-21(23(28)29)26(19-7-4-5-8-19)15-6-16-31-20-12-9-18(10-13-20)11-14-22(27)25-30/h9-14,19,21,30H,4-8,15-17H2,1-3H3,(H,25,27)(H,28,29). The van der Waals surface area contributed by atoms with Gasteiger partial charge >= 0.3 is 5.97 Å². The number of ether oxygens (including phenoxy) is 2. The van der Waals surface area contributed by atoms with Crippen molar-refractivity contribution in [1.29, 1.82) is 0 Å². The van der Waals surface area contributed by atoms with E-state index in [2.05, 4.69) is 4.90 Å². The van der Waals surface area contributed by atoms with Crippen LogP contribution in [0.4, 0.5) is 0 Å². The molecule has 2 rings (SSSR count). The van der Waals surface area contributed by atoms with Crippen LogP contribution >= 0.6 is 0 Å². The van der Waals surface area contributed by atoms with Crippen molar-refractivity contribution in [2.75, 3.05) is 19.8 Å². The van der Waals surface area contributed by atoms with Crippen LogP contribution in [0.2, 0.25) is 0 Å². The van der Waals surface area contributed by atoms with Crippen LogP contribution in [0.1, 0.15) is 58.4 Å². The maximum atomic E-state index is 12.0. The molecular formula is C24H36N2O6. The number of carboxylic acids is 1. The summed E-state index contributed by atoms with van der Waals surface area (Å²) in [5.74, 6) is -0.739. The van der Waals surface area contributed by atoms with Crippen molar-refractivity contribution in [2.45, 2.75) is 70.6 Å². The highest BCUT2D eigenvalue weighted by atomic mass is 16.5. The molecule has 1 atom stereocenters. The van der Waals surface area contributed by atoms with Gasteiger partial charge in [0.15, 0.2) is 0 Å². The molecule has 0 spiro atoms. The Morgan fingerprint density at radius 3 is 2.44 bits per heavy atom. The Labute approximate surface area is 190 Å². The number of rotatable bonds is 12. The van der Waals surface area contributed by atoms with E-state index in [0.717, 1.165) is 31.2 Å². The van der Waals surface area contributed by atoms with Gasteiger partial charge in [-0.3, -0.25) is 19.7 Å². The Bertz CT molecular complexity index is 751. The van der Waals surface area contributed by atoms with E-state index < -0.39 is 17.9 Å². The van der Waals surface area contributed by atoms with E-state index in [1.165, 1.54) is 6.08 Å². The minimum atomic E-state index is -0.847. The molecule has 1 saturated carbocycles. The Hall–Kier alpha value is -2.42. The zero-order valence-electron chi connectivity index (χ0n) is 19.3. The van der Waals surface area contributed by atoms with Gasteiger partial charge in [-0.15, -0.1) is 0 Å². The summed E-state index contributed by atoms with van der Waals surface area (Å²) in [5.41, 5.74) is 1.96. The summed E-state index contributed by atoms with van der Waals surface area (Å²) in [6.45, 7) is 7.07. The lowest BCUT2D eigenvalue weighted by Gasteiger charge is -2.35. The maximum Gasteiger partial charge on any atom is 0.323 e. The molecule has 1 unspecified atom stereocenters. The van der Waals surface area contributed by atoms with Crippen molar-refractivity contribution >= 4 is 18.0 Å². The number of hydroxylamine groups is 1. The van der Waals surface area contributed by atoms with E-state index in [9.17, 15) is 14.7 Å². The Morgan fingerprint density at radius 2 is 1.88 bits per heavy atom. The summed E-state index contributed by atoms with van der Waals surface area (Å²) >= 11 is 0. The first-order valence-electron chi connectivity index (χ1n) is 11.2. The number of hydrogen-bond donors (Lipinski definition) is 3. The molecule has 1 aromatic rings. The number of nitrogens with zero attached hydrogens (tertiary/aromatic N) is 1. The maximum absolute atomic E-state index is 12.0. The molecule has 0 bridgehead atoms. The largest absolute Gasteiger partial charge is 0.494 e. The second kappa shape index (κ2) is 12.6. The minimum Gasteiger partial charge on any atom is -0.494 e. The number of carbonyl (C=O) groups is 2. The van der Waals surface area contributed by atoms with Crippen molar-refractivity contribution in [3.05, 3.63) is 35.9 Å². The molecular weight excluding hydrogens is 412 g/mol. The highest BCUT2D eigenvalue weighted by Gasteiger charge is 2.33. The lowest BCUT2D eigenvalue weighted by atomic mass is 10.1. The van der Waals surface area contributed by atoms with Gasteiger partial charge in [-0.25, -0.2) is 5.48 Å². The number of hydrogen-bond acceptors (Lipinski definition) is 6. The molecule has 1 aromatic carbocycles. The van der Waals surface area contributed by atoms with Gasteiger partial charge in [0.25, 0.3) is 5.91 Å². The number of aliphatic carboxylic acids is 1. The summed E-state index contributed by atoms with van der Waals surface area (Å²) in [6.07, 6.45) is 7.81. The van der Waals surface area contributed by atoms with Crippen molar-refractivity contribution in [3.8, 4) is 5.75 Å². The topological polar surface area (TPSA) is 108 Å². The second-order valence-electron chi connectivity index (χ2n) is 9.03. The fourth-order valence-electron chi connectivity index (χ4n) is 3.79. The van der Waals surface area contributed by atoms with Crippen LogP contribution in [-0.4, -0.2) is 64.5 Å². The van der Waals surface area contributed by atoms with E-state index in [0.29, 0.717) is 25.3 Å². The van der Waals surface area contributed by atoms with E-state index in [1.54, 1.807) is 11.6 Å². The van der Waals surface area contributed by atoms with Crippen molar-refractivity contribution < 1.29 is 29.4 Å². The quantitative estimate of drug-likeness (QED) is 0.194. The predicted octanol–water partition coefficient (Wildman–Crippen LogP) is 3.49. The summed E-state index contributed by atoms with van der Waals surface area (Å²) in [6, 6.07) is 6.84. The SMILES string of the molecule is CC(C)(C)OCC(C(=O)O)N(CCCOc1ccc(C=CC(=O)NO)cc1)C1CCCC1. The monoisotopic (exact) mass is 448 g/mol. The average molecular weight is 449 g/mol. The van der Waals surface area contributed by atoms with Gasteiger partial charge in [-0.1, -0.05) is 25.0 Å². The van der Waals surface area contributed by atoms with E-state index >= 15 is 0 Å². The van der Waals surface area contributed by atoms with Gasteiger partial charge in [0, 0.05) is 18.7 Å². The van der Waals surface area contributed by atoms with Crippen molar-refractivity contribution in [1.82, 2.24) is 10.4 Å². The summed E-state index contributed by atoms with van der Waals surface area (Å²) < 4.78 is 11.7. The molecule has 8 nitrogen and oxygen atoms in total. The van der Waals surface area contributed by atoms with Gasteiger partial charge in [-0.05, 0) is 63.8 Å². The van der Waals surface area contributed by atoms with Gasteiger partial charge in [0.2, 0.25) is 0 Å². The van der Waals surface area contributed by atoms with E-state index in [4.69, 9.17) is 14.7 Å². The molecule has 32 heavy (non-hydrogen) atoms. The van der Waals surface area contributed by atoms with Crippen LogP contribution in [0, 0.1) is 0 Å². The normalized spacial score (nSPS) is 15.9. The van der Waals surface area contributed by atoms with Gasteiger partial charge in [0.05, 0.1) is 18.8 Å². The van der Waals surface area contributed by atoms with Gasteiger partial charge in [0.1, 0.15) is 11.8 Å². The fourth-order valence-corrected chi connectivity index (χ4v) is 3.79.